The normalized spacial score (nSPS) is 23.1. The summed E-state index contributed by atoms with van der Waals surface area (Å²) in [5, 5.41) is 11.2. The van der Waals surface area contributed by atoms with Crippen molar-refractivity contribution < 1.29 is 32.4 Å². The third-order valence-corrected chi connectivity index (χ3v) is 12.3. The fourth-order valence-electron chi connectivity index (χ4n) is 7.10. The molecule has 1 heterocycles. The van der Waals surface area contributed by atoms with E-state index in [0.717, 1.165) is 38.5 Å². The summed E-state index contributed by atoms with van der Waals surface area (Å²) in [5.74, 6) is -2.19. The largest absolute Gasteiger partial charge is 0.346 e. The molecule has 2 saturated carbocycles. The van der Waals surface area contributed by atoms with Crippen molar-refractivity contribution >= 4 is 39.6 Å². The molecule has 0 aromatic rings. The van der Waals surface area contributed by atoms with Gasteiger partial charge in [-0.05, 0) is 54.8 Å². The van der Waals surface area contributed by atoms with Crippen molar-refractivity contribution in [1.82, 2.24) is 30.5 Å². The first kappa shape index (κ1) is 40.4. The van der Waals surface area contributed by atoms with E-state index in [0.29, 0.717) is 13.0 Å². The van der Waals surface area contributed by atoms with Crippen LogP contribution >= 0.6 is 0 Å². The number of carbonyl (C=O) groups excluding carboxylic acids is 5. The molecule has 2 aliphatic carbocycles. The van der Waals surface area contributed by atoms with Crippen molar-refractivity contribution in [2.45, 2.75) is 118 Å². The van der Waals surface area contributed by atoms with Gasteiger partial charge in [-0.2, -0.15) is 0 Å². The van der Waals surface area contributed by atoms with Crippen LogP contribution in [0.5, 0.6) is 0 Å². The predicted molar refractivity (Wildman–Crippen MR) is 189 cm³/mol. The number of nitrogens with zero attached hydrogens (tertiary/aromatic N) is 2. The van der Waals surface area contributed by atoms with Gasteiger partial charge in [-0.3, -0.25) is 19.2 Å². The zero-order valence-electron chi connectivity index (χ0n) is 30.8. The molecule has 278 valence electrons. The minimum atomic E-state index is -3.49. The third kappa shape index (κ3) is 10.3. The minimum Gasteiger partial charge on any atom is -0.346 e. The maximum Gasteiger partial charge on any atom is 0.315 e. The van der Waals surface area contributed by atoms with Gasteiger partial charge in [0.2, 0.25) is 27.6 Å². The van der Waals surface area contributed by atoms with Crippen LogP contribution in [0.25, 0.3) is 0 Å². The van der Waals surface area contributed by atoms with E-state index in [2.05, 4.69) is 27.8 Å². The number of hydrogen-bond acceptors (Lipinski definition) is 7. The second-order valence-electron chi connectivity index (χ2n) is 16.3. The standard InChI is InChI=1S/C35H60N6O7S/c1-10-18-36-31(44)28(42)25(19-22-14-12-15-22)37-30(43)27-24-17-13-16-23(24)20-41(27)32(45)29(35(6,7)8)39-33(46)38-26(34(3,4)5)21-40(9)49(47,48)11-2/h10,22-27,29H,1,11-21H2,2-9H3,(H,36,44)(H,37,43)(H2,38,39,46)/t23-,24-,25?,26+,27-,29+/m0/s1. The summed E-state index contributed by atoms with van der Waals surface area (Å²) in [6, 6.07) is -4.07. The molecule has 13 nitrogen and oxygen atoms in total. The molecule has 0 aromatic carbocycles. The molecule has 14 heteroatoms. The van der Waals surface area contributed by atoms with E-state index in [9.17, 15) is 32.4 Å². The molecule has 3 aliphatic rings. The van der Waals surface area contributed by atoms with Crippen LogP contribution in [0, 0.1) is 28.6 Å². The number of carbonyl (C=O) groups is 5. The van der Waals surface area contributed by atoms with Crippen LogP contribution in [0.4, 0.5) is 4.79 Å². The van der Waals surface area contributed by atoms with Crippen LogP contribution in [0.15, 0.2) is 12.7 Å². The van der Waals surface area contributed by atoms with Gasteiger partial charge in [0.05, 0.1) is 11.8 Å². The molecule has 0 radical (unpaired) electrons. The van der Waals surface area contributed by atoms with Crippen LogP contribution in [0.2, 0.25) is 0 Å². The Hall–Kier alpha value is -3.00. The van der Waals surface area contributed by atoms with Gasteiger partial charge < -0.3 is 26.2 Å². The first-order valence-corrected chi connectivity index (χ1v) is 19.4. The number of ketones is 1. The predicted octanol–water partition coefficient (Wildman–Crippen LogP) is 2.57. The fraction of sp³-hybridized carbons (Fsp3) is 0.800. The molecular formula is C35H60N6O7S. The summed E-state index contributed by atoms with van der Waals surface area (Å²) in [6.45, 7) is 16.9. The highest BCUT2D eigenvalue weighted by atomic mass is 32.2. The maximum absolute atomic E-state index is 14.5. The summed E-state index contributed by atoms with van der Waals surface area (Å²) < 4.78 is 26.2. The Bertz CT molecular complexity index is 1350. The zero-order chi connectivity index (χ0) is 36.9. The van der Waals surface area contributed by atoms with Gasteiger partial charge in [0, 0.05) is 32.7 Å². The molecule has 1 aliphatic heterocycles. The monoisotopic (exact) mass is 708 g/mol. The highest BCUT2D eigenvalue weighted by Crippen LogP contribution is 2.43. The lowest BCUT2D eigenvalue weighted by molar-refractivity contribution is -0.144. The molecule has 3 rings (SSSR count). The summed E-state index contributed by atoms with van der Waals surface area (Å²) in [6.07, 6.45) is 7.27. The number of urea groups is 1. The second kappa shape index (κ2) is 16.3. The van der Waals surface area contributed by atoms with E-state index in [-0.39, 0.29) is 36.6 Å². The molecule has 6 atom stereocenters. The van der Waals surface area contributed by atoms with Crippen molar-refractivity contribution in [3.63, 3.8) is 0 Å². The third-order valence-electron chi connectivity index (χ3n) is 10.5. The van der Waals surface area contributed by atoms with Crippen molar-refractivity contribution in [2.75, 3.05) is 32.4 Å². The Morgan fingerprint density at radius 3 is 2.10 bits per heavy atom. The van der Waals surface area contributed by atoms with Crippen LogP contribution < -0.4 is 21.3 Å². The lowest BCUT2D eigenvalue weighted by atomic mass is 9.80. The molecule has 4 N–H and O–H groups in total. The number of sulfonamides is 1. The smallest absolute Gasteiger partial charge is 0.315 e. The van der Waals surface area contributed by atoms with Crippen LogP contribution in [-0.4, -0.2) is 104 Å². The summed E-state index contributed by atoms with van der Waals surface area (Å²) in [4.78, 5) is 69.6. The summed E-state index contributed by atoms with van der Waals surface area (Å²) in [7, 11) is -2.02. The van der Waals surface area contributed by atoms with Gasteiger partial charge in [0.25, 0.3) is 5.91 Å². The highest BCUT2D eigenvalue weighted by Gasteiger charge is 2.52. The lowest BCUT2D eigenvalue weighted by Gasteiger charge is -2.38. The molecule has 1 unspecified atom stereocenters. The van der Waals surface area contributed by atoms with Crippen LogP contribution in [-0.2, 0) is 29.2 Å². The molecule has 1 saturated heterocycles. The highest BCUT2D eigenvalue weighted by molar-refractivity contribution is 7.89. The number of rotatable bonds is 15. The fourth-order valence-corrected chi connectivity index (χ4v) is 7.92. The Kier molecular flexibility index (Phi) is 13.5. The Morgan fingerprint density at radius 1 is 0.939 bits per heavy atom. The average Bonchev–Trinajstić information content (AvgIpc) is 3.59. The van der Waals surface area contributed by atoms with E-state index in [1.54, 1.807) is 11.8 Å². The van der Waals surface area contributed by atoms with Crippen LogP contribution in [0.3, 0.4) is 0 Å². The molecule has 0 spiro atoms. The Balaban J connectivity index is 1.84. The van der Waals surface area contributed by atoms with Crippen molar-refractivity contribution in [2.24, 2.45) is 28.6 Å². The second-order valence-corrected chi connectivity index (χ2v) is 18.6. The Labute approximate surface area is 293 Å². The van der Waals surface area contributed by atoms with Gasteiger partial charge in [0.1, 0.15) is 12.1 Å². The summed E-state index contributed by atoms with van der Waals surface area (Å²) >= 11 is 0. The van der Waals surface area contributed by atoms with Crippen molar-refractivity contribution in [3.05, 3.63) is 12.7 Å². The van der Waals surface area contributed by atoms with E-state index in [4.69, 9.17) is 0 Å². The summed E-state index contributed by atoms with van der Waals surface area (Å²) in [5.41, 5.74) is -1.26. The van der Waals surface area contributed by atoms with Gasteiger partial charge in [0.15, 0.2) is 0 Å². The number of hydrogen-bond donors (Lipinski definition) is 4. The molecule has 49 heavy (non-hydrogen) atoms. The van der Waals surface area contributed by atoms with Crippen molar-refractivity contribution in [1.29, 1.82) is 0 Å². The number of nitrogens with one attached hydrogen (secondary N) is 4. The number of likely N-dealkylation sites (N-methyl/N-ethyl adjacent to an activating group) is 1. The number of fused-ring (bicyclic) bond motifs is 1. The van der Waals surface area contributed by atoms with Gasteiger partial charge in [-0.25, -0.2) is 17.5 Å². The van der Waals surface area contributed by atoms with Crippen molar-refractivity contribution in [3.8, 4) is 0 Å². The average molecular weight is 709 g/mol. The lowest BCUT2D eigenvalue weighted by Crippen LogP contribution is -2.62. The van der Waals surface area contributed by atoms with Crippen LogP contribution in [0.1, 0.15) is 93.4 Å². The zero-order valence-corrected chi connectivity index (χ0v) is 31.6. The van der Waals surface area contributed by atoms with Gasteiger partial charge in [-0.1, -0.05) is 73.3 Å². The van der Waals surface area contributed by atoms with E-state index < -0.39 is 74.6 Å². The first-order chi connectivity index (χ1) is 22.7. The number of amides is 5. The first-order valence-electron chi connectivity index (χ1n) is 17.8. The molecule has 5 amide bonds. The van der Waals surface area contributed by atoms with E-state index in [1.807, 2.05) is 41.5 Å². The van der Waals surface area contributed by atoms with E-state index >= 15 is 0 Å². The molecule has 0 aromatic heterocycles. The SMILES string of the molecule is C=CCNC(=O)C(=O)C(CC1CCC1)NC(=O)[C@@H]1[C@H]2CCC[C@H]2CN1C(=O)[C@@H](NC(=O)N[C@H](CN(C)S(=O)(=O)CC)C(C)(C)C)C(C)(C)C. The van der Waals surface area contributed by atoms with Gasteiger partial charge >= 0.3 is 6.03 Å². The quantitative estimate of drug-likeness (QED) is 0.149. The molecule has 3 fully saturated rings. The molecule has 0 bridgehead atoms. The number of likely N-dealkylation sites (tertiary alicyclic amines) is 1. The Morgan fingerprint density at radius 2 is 1.57 bits per heavy atom. The topological polar surface area (TPSA) is 174 Å². The molecular weight excluding hydrogens is 648 g/mol. The number of Topliss-reactive ketones (excluding diaryl/α,β-unsaturated/α-hetero) is 1. The van der Waals surface area contributed by atoms with Gasteiger partial charge in [-0.15, -0.1) is 6.58 Å². The minimum absolute atomic E-state index is 0.0469. The van der Waals surface area contributed by atoms with E-state index in [1.165, 1.54) is 17.4 Å². The maximum atomic E-state index is 14.5.